The maximum absolute atomic E-state index is 12.8. The van der Waals surface area contributed by atoms with Crippen LogP contribution in [0, 0.1) is 6.92 Å². The van der Waals surface area contributed by atoms with E-state index in [9.17, 15) is 9.59 Å². The monoisotopic (exact) mass is 425 g/mol. The first-order valence-corrected chi connectivity index (χ1v) is 10.0. The minimum atomic E-state index is -0.730. The average molecular weight is 425 g/mol. The summed E-state index contributed by atoms with van der Waals surface area (Å²) in [6.07, 6.45) is 1.96. The van der Waals surface area contributed by atoms with Gasteiger partial charge in [0.2, 0.25) is 0 Å². The number of benzene rings is 2. The molecular formula is C25H19N3O4. The van der Waals surface area contributed by atoms with Crippen molar-refractivity contribution in [2.24, 2.45) is 0 Å². The third-order valence-corrected chi connectivity index (χ3v) is 5.30. The lowest BCUT2D eigenvalue weighted by molar-refractivity contribution is 0.102. The van der Waals surface area contributed by atoms with E-state index in [0.29, 0.717) is 22.4 Å². The van der Waals surface area contributed by atoms with Crippen LogP contribution in [-0.4, -0.2) is 22.4 Å². The SMILES string of the molecule is COc1cccc2cc(C(=O)Nc3cccc(-c4cn5c(C)cccc5n4)c3)c(=O)oc12. The van der Waals surface area contributed by atoms with Crippen LogP contribution in [0.3, 0.4) is 0 Å². The Morgan fingerprint density at radius 3 is 2.69 bits per heavy atom. The van der Waals surface area contributed by atoms with Crippen molar-refractivity contribution in [2.45, 2.75) is 6.92 Å². The lowest BCUT2D eigenvalue weighted by Gasteiger charge is -2.08. The Hall–Kier alpha value is -4.39. The van der Waals surface area contributed by atoms with Crippen LogP contribution in [0.15, 0.2) is 82.1 Å². The molecule has 7 nitrogen and oxygen atoms in total. The summed E-state index contributed by atoms with van der Waals surface area (Å²) in [4.78, 5) is 30.0. The van der Waals surface area contributed by atoms with E-state index < -0.39 is 11.5 Å². The van der Waals surface area contributed by atoms with E-state index in [1.807, 2.05) is 53.9 Å². The summed E-state index contributed by atoms with van der Waals surface area (Å²) in [5.74, 6) is -0.117. The van der Waals surface area contributed by atoms with Gasteiger partial charge in [-0.25, -0.2) is 9.78 Å². The number of amides is 1. The Kier molecular flexibility index (Phi) is 4.71. The molecule has 0 atom stereocenters. The predicted octanol–water partition coefficient (Wildman–Crippen LogP) is 4.68. The summed E-state index contributed by atoms with van der Waals surface area (Å²) in [5.41, 5.74) is 3.59. The van der Waals surface area contributed by atoms with E-state index in [2.05, 4.69) is 10.3 Å². The van der Waals surface area contributed by atoms with Crippen molar-refractivity contribution in [3.05, 3.63) is 94.6 Å². The van der Waals surface area contributed by atoms with Gasteiger partial charge in [-0.3, -0.25) is 4.79 Å². The zero-order valence-corrected chi connectivity index (χ0v) is 17.5. The highest BCUT2D eigenvalue weighted by molar-refractivity contribution is 6.05. The quantitative estimate of drug-likeness (QED) is 0.423. The summed E-state index contributed by atoms with van der Waals surface area (Å²) >= 11 is 0. The van der Waals surface area contributed by atoms with Crippen molar-refractivity contribution in [1.82, 2.24) is 9.38 Å². The number of aryl methyl sites for hydroxylation is 1. The van der Waals surface area contributed by atoms with Crippen LogP contribution in [0.2, 0.25) is 0 Å². The van der Waals surface area contributed by atoms with Crippen LogP contribution >= 0.6 is 0 Å². The molecule has 158 valence electrons. The molecule has 0 spiro atoms. The molecule has 0 radical (unpaired) electrons. The number of carbonyl (C=O) groups excluding carboxylic acids is 1. The van der Waals surface area contributed by atoms with E-state index in [0.717, 1.165) is 22.6 Å². The largest absolute Gasteiger partial charge is 0.493 e. The second-order valence-corrected chi connectivity index (χ2v) is 7.38. The zero-order valence-electron chi connectivity index (χ0n) is 17.5. The van der Waals surface area contributed by atoms with Gasteiger partial charge in [-0.15, -0.1) is 0 Å². The topological polar surface area (TPSA) is 85.8 Å². The van der Waals surface area contributed by atoms with Crippen molar-refractivity contribution >= 4 is 28.2 Å². The number of nitrogens with one attached hydrogen (secondary N) is 1. The van der Waals surface area contributed by atoms with Gasteiger partial charge in [-0.2, -0.15) is 0 Å². The van der Waals surface area contributed by atoms with Gasteiger partial charge in [-0.05, 0) is 43.3 Å². The molecule has 1 N–H and O–H groups in total. The summed E-state index contributed by atoms with van der Waals surface area (Å²) in [7, 11) is 1.49. The predicted molar refractivity (Wildman–Crippen MR) is 122 cm³/mol. The third kappa shape index (κ3) is 3.39. The number of imidazole rings is 1. The summed E-state index contributed by atoms with van der Waals surface area (Å²) in [6.45, 7) is 2.01. The van der Waals surface area contributed by atoms with Crippen molar-refractivity contribution in [1.29, 1.82) is 0 Å². The molecule has 5 aromatic rings. The average Bonchev–Trinajstić information content (AvgIpc) is 3.24. The van der Waals surface area contributed by atoms with Gasteiger partial charge >= 0.3 is 5.63 Å². The lowest BCUT2D eigenvalue weighted by atomic mass is 10.1. The summed E-state index contributed by atoms with van der Waals surface area (Å²) in [5, 5.41) is 3.38. The van der Waals surface area contributed by atoms with E-state index in [-0.39, 0.29) is 5.56 Å². The number of anilines is 1. The second kappa shape index (κ2) is 7.70. The van der Waals surface area contributed by atoms with Gasteiger partial charge in [0, 0.05) is 28.5 Å². The molecule has 32 heavy (non-hydrogen) atoms. The molecule has 0 unspecified atom stereocenters. The fourth-order valence-electron chi connectivity index (χ4n) is 3.68. The van der Waals surface area contributed by atoms with Crippen molar-refractivity contribution in [3.8, 4) is 17.0 Å². The van der Waals surface area contributed by atoms with E-state index in [1.54, 1.807) is 24.3 Å². The summed E-state index contributed by atoms with van der Waals surface area (Å²) < 4.78 is 12.6. The molecule has 0 saturated heterocycles. The van der Waals surface area contributed by atoms with Crippen molar-refractivity contribution < 1.29 is 13.9 Å². The van der Waals surface area contributed by atoms with Crippen LogP contribution < -0.4 is 15.7 Å². The number of hydrogen-bond donors (Lipinski definition) is 1. The maximum atomic E-state index is 12.8. The number of hydrogen-bond acceptors (Lipinski definition) is 5. The van der Waals surface area contributed by atoms with Crippen LogP contribution in [0.1, 0.15) is 16.1 Å². The second-order valence-electron chi connectivity index (χ2n) is 7.38. The molecule has 3 aromatic heterocycles. The Bertz CT molecular complexity index is 1550. The number of carbonyl (C=O) groups is 1. The zero-order chi connectivity index (χ0) is 22.2. The molecule has 1 amide bonds. The minimum Gasteiger partial charge on any atom is -0.493 e. The number of fused-ring (bicyclic) bond motifs is 2. The molecule has 0 saturated carbocycles. The maximum Gasteiger partial charge on any atom is 0.349 e. The molecule has 0 bridgehead atoms. The fourth-order valence-corrected chi connectivity index (χ4v) is 3.68. The fraction of sp³-hybridized carbons (Fsp3) is 0.0800. The molecule has 0 fully saturated rings. The van der Waals surface area contributed by atoms with Gasteiger partial charge in [-0.1, -0.05) is 30.3 Å². The number of rotatable bonds is 4. The molecule has 5 rings (SSSR count). The van der Waals surface area contributed by atoms with E-state index in [4.69, 9.17) is 9.15 Å². The minimum absolute atomic E-state index is 0.0838. The first kappa shape index (κ1) is 19.6. The smallest absolute Gasteiger partial charge is 0.349 e. The van der Waals surface area contributed by atoms with Gasteiger partial charge in [0.25, 0.3) is 5.91 Å². The number of methoxy groups -OCH3 is 1. The molecule has 0 aliphatic heterocycles. The van der Waals surface area contributed by atoms with Crippen LogP contribution in [-0.2, 0) is 0 Å². The molecule has 0 aliphatic rings. The number of ether oxygens (including phenoxy) is 1. The number of aromatic nitrogens is 2. The van der Waals surface area contributed by atoms with Gasteiger partial charge in [0.15, 0.2) is 11.3 Å². The first-order valence-electron chi connectivity index (χ1n) is 10.0. The highest BCUT2D eigenvalue weighted by atomic mass is 16.5. The van der Waals surface area contributed by atoms with Crippen LogP contribution in [0.4, 0.5) is 5.69 Å². The van der Waals surface area contributed by atoms with Crippen LogP contribution in [0.25, 0.3) is 27.9 Å². The van der Waals surface area contributed by atoms with Gasteiger partial charge in [0.05, 0.1) is 12.8 Å². The highest BCUT2D eigenvalue weighted by Crippen LogP contribution is 2.26. The molecule has 0 aliphatic carbocycles. The number of pyridine rings is 1. The van der Waals surface area contributed by atoms with Crippen LogP contribution in [0.5, 0.6) is 5.75 Å². The Morgan fingerprint density at radius 1 is 1.06 bits per heavy atom. The van der Waals surface area contributed by atoms with Crippen molar-refractivity contribution in [3.63, 3.8) is 0 Å². The van der Waals surface area contributed by atoms with E-state index >= 15 is 0 Å². The molecule has 2 aromatic carbocycles. The first-order chi connectivity index (χ1) is 15.5. The third-order valence-electron chi connectivity index (χ3n) is 5.30. The molecule has 3 heterocycles. The molecular weight excluding hydrogens is 406 g/mol. The van der Waals surface area contributed by atoms with Gasteiger partial charge < -0.3 is 18.9 Å². The van der Waals surface area contributed by atoms with E-state index in [1.165, 1.54) is 13.2 Å². The van der Waals surface area contributed by atoms with Crippen molar-refractivity contribution in [2.75, 3.05) is 12.4 Å². The Balaban J connectivity index is 1.47. The number of para-hydroxylation sites is 1. The Morgan fingerprint density at radius 2 is 1.88 bits per heavy atom. The number of nitrogens with zero attached hydrogens (tertiary/aromatic N) is 2. The molecule has 7 heteroatoms. The normalized spacial score (nSPS) is 11.1. The van der Waals surface area contributed by atoms with Gasteiger partial charge in [0.1, 0.15) is 11.2 Å². The Labute approximate surface area is 182 Å². The lowest BCUT2D eigenvalue weighted by Crippen LogP contribution is -2.20. The highest BCUT2D eigenvalue weighted by Gasteiger charge is 2.16. The standard InChI is InChI=1S/C25H19N3O4/c1-15-6-3-11-22-27-20(14-28(15)22)16-7-4-9-18(12-16)26-24(29)19-13-17-8-5-10-21(31-2)23(17)32-25(19)30/h3-14H,1-2H3,(H,26,29). The summed E-state index contributed by atoms with van der Waals surface area (Å²) in [6, 6.07) is 20.0.